The first-order valence-corrected chi connectivity index (χ1v) is 6.91. The summed E-state index contributed by atoms with van der Waals surface area (Å²) in [5.41, 5.74) is 0.0455. The van der Waals surface area contributed by atoms with Crippen molar-refractivity contribution in [3.8, 4) is 5.75 Å². The van der Waals surface area contributed by atoms with Crippen molar-refractivity contribution in [2.24, 2.45) is 0 Å². The number of carbonyl (C=O) groups is 1. The molecule has 8 nitrogen and oxygen atoms in total. The number of hydrogen-bond acceptors (Lipinski definition) is 7. The van der Waals surface area contributed by atoms with Gasteiger partial charge in [-0.1, -0.05) is 0 Å². The number of nitro groups is 1. The summed E-state index contributed by atoms with van der Waals surface area (Å²) in [6.07, 6.45) is 0. The Morgan fingerprint density at radius 3 is 2.77 bits per heavy atom. The molecule has 0 bridgehead atoms. The number of nitrogens with zero attached hydrogens (tertiary/aromatic N) is 2. The van der Waals surface area contributed by atoms with Crippen LogP contribution in [0.25, 0.3) is 0 Å². The molecular formula is C14H18N2O6. The number of hydrogen-bond donors (Lipinski definition) is 0. The quantitative estimate of drug-likeness (QED) is 0.441. The Morgan fingerprint density at radius 2 is 2.14 bits per heavy atom. The van der Waals surface area contributed by atoms with Crippen molar-refractivity contribution < 1.29 is 23.9 Å². The van der Waals surface area contributed by atoms with Crippen LogP contribution in [-0.2, 0) is 9.47 Å². The van der Waals surface area contributed by atoms with Gasteiger partial charge < -0.3 is 14.2 Å². The molecule has 0 aromatic heterocycles. The van der Waals surface area contributed by atoms with Gasteiger partial charge >= 0.3 is 11.7 Å². The van der Waals surface area contributed by atoms with E-state index < -0.39 is 10.9 Å². The van der Waals surface area contributed by atoms with Crippen molar-refractivity contribution in [1.82, 2.24) is 4.90 Å². The minimum absolute atomic E-state index is 0.0705. The normalized spacial score (nSPS) is 15.3. The lowest BCUT2D eigenvalue weighted by Crippen LogP contribution is -2.38. The minimum atomic E-state index is -0.562. The number of morpholine rings is 1. The first-order valence-electron chi connectivity index (χ1n) is 6.91. The maximum Gasteiger partial charge on any atom is 0.337 e. The molecule has 22 heavy (non-hydrogen) atoms. The number of benzene rings is 1. The summed E-state index contributed by atoms with van der Waals surface area (Å²) in [6.45, 7) is 3.92. The first-order chi connectivity index (χ1) is 10.6. The van der Waals surface area contributed by atoms with Crippen LogP contribution in [0.1, 0.15) is 10.4 Å². The number of ether oxygens (including phenoxy) is 3. The van der Waals surface area contributed by atoms with E-state index >= 15 is 0 Å². The highest BCUT2D eigenvalue weighted by Crippen LogP contribution is 2.28. The average Bonchev–Trinajstić information content (AvgIpc) is 2.54. The van der Waals surface area contributed by atoms with Crippen LogP contribution in [0, 0.1) is 10.1 Å². The van der Waals surface area contributed by atoms with Gasteiger partial charge in [0.25, 0.3) is 0 Å². The fraction of sp³-hybridized carbons (Fsp3) is 0.500. The SMILES string of the molecule is COC(=O)c1ccc([N+](=O)[O-])c(OCCN2CCOCC2)c1. The van der Waals surface area contributed by atoms with E-state index in [9.17, 15) is 14.9 Å². The number of esters is 1. The minimum Gasteiger partial charge on any atom is -0.485 e. The summed E-state index contributed by atoms with van der Waals surface area (Å²) in [7, 11) is 1.25. The number of carbonyl (C=O) groups excluding carboxylic acids is 1. The van der Waals surface area contributed by atoms with E-state index in [4.69, 9.17) is 9.47 Å². The molecule has 0 saturated carbocycles. The second-order valence-electron chi connectivity index (χ2n) is 4.73. The van der Waals surface area contributed by atoms with Crippen LogP contribution < -0.4 is 4.74 Å². The number of methoxy groups -OCH3 is 1. The molecule has 1 aliphatic heterocycles. The van der Waals surface area contributed by atoms with Gasteiger partial charge in [-0.05, 0) is 6.07 Å². The highest BCUT2D eigenvalue weighted by Gasteiger charge is 2.19. The van der Waals surface area contributed by atoms with Crippen molar-refractivity contribution >= 4 is 11.7 Å². The molecule has 0 unspecified atom stereocenters. The fourth-order valence-corrected chi connectivity index (χ4v) is 2.13. The van der Waals surface area contributed by atoms with E-state index in [0.717, 1.165) is 13.1 Å². The lowest BCUT2D eigenvalue weighted by molar-refractivity contribution is -0.385. The van der Waals surface area contributed by atoms with Crippen LogP contribution in [0.5, 0.6) is 5.75 Å². The third-order valence-corrected chi connectivity index (χ3v) is 3.35. The topological polar surface area (TPSA) is 91.1 Å². The molecule has 120 valence electrons. The molecule has 1 heterocycles. The van der Waals surface area contributed by atoms with E-state index in [1.807, 2.05) is 0 Å². The van der Waals surface area contributed by atoms with Crippen molar-refractivity contribution in [1.29, 1.82) is 0 Å². The Hall–Kier alpha value is -2.19. The van der Waals surface area contributed by atoms with Gasteiger partial charge in [-0.15, -0.1) is 0 Å². The van der Waals surface area contributed by atoms with Gasteiger partial charge in [0.1, 0.15) is 6.61 Å². The second kappa shape index (κ2) is 7.71. The van der Waals surface area contributed by atoms with E-state index in [1.54, 1.807) is 0 Å². The van der Waals surface area contributed by atoms with Gasteiger partial charge in [0.2, 0.25) is 0 Å². The molecule has 1 aliphatic rings. The second-order valence-corrected chi connectivity index (χ2v) is 4.73. The highest BCUT2D eigenvalue weighted by molar-refractivity contribution is 5.90. The summed E-state index contributed by atoms with van der Waals surface area (Å²) >= 11 is 0. The van der Waals surface area contributed by atoms with Crippen molar-refractivity contribution in [2.75, 3.05) is 46.6 Å². The molecule has 0 atom stereocenters. The highest BCUT2D eigenvalue weighted by atomic mass is 16.6. The third-order valence-electron chi connectivity index (χ3n) is 3.35. The zero-order chi connectivity index (χ0) is 15.9. The number of rotatable bonds is 6. The molecule has 1 saturated heterocycles. The Morgan fingerprint density at radius 1 is 1.41 bits per heavy atom. The predicted octanol–water partition coefficient (Wildman–Crippen LogP) is 1.09. The molecule has 0 N–H and O–H groups in total. The monoisotopic (exact) mass is 310 g/mol. The third kappa shape index (κ3) is 4.15. The van der Waals surface area contributed by atoms with Gasteiger partial charge in [0, 0.05) is 31.8 Å². The summed E-state index contributed by atoms with van der Waals surface area (Å²) in [6, 6.07) is 3.93. The lowest BCUT2D eigenvalue weighted by Gasteiger charge is -2.26. The van der Waals surface area contributed by atoms with Crippen LogP contribution in [0.4, 0.5) is 5.69 Å². The van der Waals surface area contributed by atoms with Crippen LogP contribution in [0.3, 0.4) is 0 Å². The molecule has 2 rings (SSSR count). The zero-order valence-electron chi connectivity index (χ0n) is 12.3. The van der Waals surface area contributed by atoms with Crippen LogP contribution >= 0.6 is 0 Å². The molecule has 0 aliphatic carbocycles. The van der Waals surface area contributed by atoms with E-state index in [0.29, 0.717) is 26.4 Å². The van der Waals surface area contributed by atoms with Gasteiger partial charge in [-0.3, -0.25) is 15.0 Å². The van der Waals surface area contributed by atoms with Gasteiger partial charge in [-0.2, -0.15) is 0 Å². The van der Waals surface area contributed by atoms with Gasteiger partial charge in [0.05, 0.1) is 30.8 Å². The molecule has 1 aromatic rings. The standard InChI is InChI=1S/C14H18N2O6/c1-20-14(17)11-2-3-12(16(18)19)13(10-11)22-9-6-15-4-7-21-8-5-15/h2-3,10H,4-9H2,1H3. The summed E-state index contributed by atoms with van der Waals surface area (Å²) in [5, 5.41) is 11.0. The largest absolute Gasteiger partial charge is 0.485 e. The smallest absolute Gasteiger partial charge is 0.337 e. The lowest BCUT2D eigenvalue weighted by atomic mass is 10.2. The van der Waals surface area contributed by atoms with E-state index in [2.05, 4.69) is 9.64 Å². The number of nitro benzene ring substituents is 1. The Labute approximate surface area is 127 Å². The van der Waals surface area contributed by atoms with Crippen LogP contribution in [0.15, 0.2) is 18.2 Å². The van der Waals surface area contributed by atoms with E-state index in [1.165, 1.54) is 25.3 Å². The predicted molar refractivity (Wildman–Crippen MR) is 77.2 cm³/mol. The van der Waals surface area contributed by atoms with Crippen LogP contribution in [0.2, 0.25) is 0 Å². The van der Waals surface area contributed by atoms with E-state index in [-0.39, 0.29) is 17.0 Å². The van der Waals surface area contributed by atoms with Crippen molar-refractivity contribution in [3.63, 3.8) is 0 Å². The molecule has 0 spiro atoms. The molecular weight excluding hydrogens is 292 g/mol. The molecule has 8 heteroatoms. The molecule has 0 radical (unpaired) electrons. The maximum absolute atomic E-state index is 11.5. The Kier molecular flexibility index (Phi) is 5.68. The van der Waals surface area contributed by atoms with Gasteiger partial charge in [0.15, 0.2) is 5.75 Å². The molecule has 1 fully saturated rings. The summed E-state index contributed by atoms with van der Waals surface area (Å²) < 4.78 is 15.4. The summed E-state index contributed by atoms with van der Waals surface area (Å²) in [4.78, 5) is 24.1. The fourth-order valence-electron chi connectivity index (χ4n) is 2.13. The maximum atomic E-state index is 11.5. The first kappa shape index (κ1) is 16.2. The average molecular weight is 310 g/mol. The van der Waals surface area contributed by atoms with Crippen molar-refractivity contribution in [2.45, 2.75) is 0 Å². The Bertz CT molecular complexity index is 542. The zero-order valence-corrected chi connectivity index (χ0v) is 12.3. The van der Waals surface area contributed by atoms with Crippen LogP contribution in [-0.4, -0.2) is 62.4 Å². The Balaban J connectivity index is 2.02. The summed E-state index contributed by atoms with van der Waals surface area (Å²) in [5.74, 6) is -0.492. The van der Waals surface area contributed by atoms with Gasteiger partial charge in [-0.25, -0.2) is 4.79 Å². The van der Waals surface area contributed by atoms with Crippen molar-refractivity contribution in [3.05, 3.63) is 33.9 Å². The molecule has 0 amide bonds. The molecule has 1 aromatic carbocycles.